The van der Waals surface area contributed by atoms with E-state index in [-0.39, 0.29) is 5.69 Å². The number of nitrogens with zero attached hydrogens (tertiary/aromatic N) is 2. The van der Waals surface area contributed by atoms with E-state index in [1.807, 2.05) is 39.0 Å². The van der Waals surface area contributed by atoms with Gasteiger partial charge in [0.2, 0.25) is 0 Å². The second kappa shape index (κ2) is 7.79. The molecule has 3 rings (SSSR count). The van der Waals surface area contributed by atoms with Gasteiger partial charge in [-0.05, 0) is 36.6 Å². The van der Waals surface area contributed by atoms with Crippen molar-refractivity contribution in [2.45, 2.75) is 40.5 Å². The van der Waals surface area contributed by atoms with E-state index in [0.717, 1.165) is 46.1 Å². The van der Waals surface area contributed by atoms with Crippen LogP contribution >= 0.6 is 0 Å². The van der Waals surface area contributed by atoms with Crippen molar-refractivity contribution in [2.24, 2.45) is 5.73 Å². The zero-order valence-electron chi connectivity index (χ0n) is 15.2. The maximum Gasteiger partial charge on any atom is 0.269 e. The number of carbonyl (C=O) groups is 1. The van der Waals surface area contributed by atoms with Crippen molar-refractivity contribution in [1.29, 1.82) is 0 Å². The number of nitrogen functional groups attached to an aromatic ring is 1. The molecule has 0 aliphatic carbocycles. The van der Waals surface area contributed by atoms with Crippen LogP contribution in [-0.4, -0.2) is 21.1 Å². The smallest absolute Gasteiger partial charge is 0.269 e. The number of anilines is 1. The predicted octanol–water partition coefficient (Wildman–Crippen LogP) is 3.59. The average Bonchev–Trinajstić information content (AvgIpc) is 3.07. The second-order valence-corrected chi connectivity index (χ2v) is 5.63. The van der Waals surface area contributed by atoms with Crippen molar-refractivity contribution in [3.05, 3.63) is 41.3 Å². The highest BCUT2D eigenvalue weighted by atomic mass is 16.1. The fraction of sp³-hybridized carbons (Fsp3) is 0.316. The van der Waals surface area contributed by atoms with Crippen LogP contribution in [0.5, 0.6) is 0 Å². The van der Waals surface area contributed by atoms with E-state index >= 15 is 0 Å². The molecule has 25 heavy (non-hydrogen) atoms. The number of nitrogens with one attached hydrogen (secondary N) is 1. The number of aryl methyl sites for hydroxylation is 2. The van der Waals surface area contributed by atoms with Gasteiger partial charge in [-0.25, -0.2) is 4.98 Å². The fourth-order valence-electron chi connectivity index (χ4n) is 2.87. The van der Waals surface area contributed by atoms with Crippen molar-refractivity contribution in [3.63, 3.8) is 0 Å². The zero-order chi connectivity index (χ0) is 18.6. The first-order valence-electron chi connectivity index (χ1n) is 8.55. The third-order valence-electron chi connectivity index (χ3n) is 3.95. The molecular formula is C19H25N5O. The van der Waals surface area contributed by atoms with Gasteiger partial charge < -0.3 is 11.5 Å². The molecule has 6 heteroatoms. The molecule has 0 saturated carbocycles. The summed E-state index contributed by atoms with van der Waals surface area (Å²) in [6.45, 7) is 8.06. The number of pyridine rings is 1. The first-order chi connectivity index (χ1) is 12.0. The summed E-state index contributed by atoms with van der Waals surface area (Å²) in [6.07, 6.45) is 3.44. The molecule has 132 valence electrons. The Kier molecular flexibility index (Phi) is 5.75. The molecule has 1 amide bonds. The average molecular weight is 339 g/mol. The van der Waals surface area contributed by atoms with E-state index in [1.54, 1.807) is 6.20 Å². The summed E-state index contributed by atoms with van der Waals surface area (Å²) in [6, 6.07) is 5.92. The first-order valence-corrected chi connectivity index (χ1v) is 8.55. The van der Waals surface area contributed by atoms with Gasteiger partial charge in [-0.1, -0.05) is 33.3 Å². The van der Waals surface area contributed by atoms with Gasteiger partial charge in [-0.2, -0.15) is 5.10 Å². The maximum absolute atomic E-state index is 11.7. The molecule has 3 aromatic rings. The molecule has 5 N–H and O–H groups in total. The Morgan fingerprint density at radius 2 is 2.00 bits per heavy atom. The molecule has 0 saturated heterocycles. The van der Waals surface area contributed by atoms with Crippen LogP contribution in [0.25, 0.3) is 22.0 Å². The van der Waals surface area contributed by atoms with Crippen LogP contribution in [0.15, 0.2) is 24.4 Å². The summed E-state index contributed by atoms with van der Waals surface area (Å²) < 4.78 is 0. The Morgan fingerprint density at radius 1 is 1.28 bits per heavy atom. The van der Waals surface area contributed by atoms with Gasteiger partial charge in [-0.3, -0.25) is 9.89 Å². The summed E-state index contributed by atoms with van der Waals surface area (Å²) in [5.74, 6) is -0.612. The zero-order valence-corrected chi connectivity index (χ0v) is 15.2. The Bertz CT molecular complexity index is 898. The van der Waals surface area contributed by atoms with Crippen molar-refractivity contribution < 1.29 is 4.79 Å². The minimum absolute atomic E-state index is 0.130. The first kappa shape index (κ1) is 18.4. The van der Waals surface area contributed by atoms with Gasteiger partial charge in [0.25, 0.3) is 5.91 Å². The molecule has 0 fully saturated rings. The topological polar surface area (TPSA) is 111 Å². The third kappa shape index (κ3) is 3.47. The van der Waals surface area contributed by atoms with Crippen LogP contribution < -0.4 is 11.5 Å². The van der Waals surface area contributed by atoms with Gasteiger partial charge in [0.05, 0.1) is 17.4 Å². The maximum atomic E-state index is 11.7. The normalized spacial score (nSPS) is 10.4. The van der Waals surface area contributed by atoms with Crippen LogP contribution in [-0.2, 0) is 6.42 Å². The quantitative estimate of drug-likeness (QED) is 0.674. The molecule has 0 unspecified atom stereocenters. The number of aromatic nitrogens is 3. The number of primary amides is 1. The molecule has 1 aromatic carbocycles. The second-order valence-electron chi connectivity index (χ2n) is 5.63. The molecule has 0 atom stereocenters. The van der Waals surface area contributed by atoms with Crippen molar-refractivity contribution in [3.8, 4) is 11.1 Å². The Hall–Kier alpha value is -2.89. The minimum Gasteiger partial charge on any atom is -0.396 e. The summed E-state index contributed by atoms with van der Waals surface area (Å²) in [7, 11) is 0. The Labute approximate surface area is 147 Å². The molecule has 0 bridgehead atoms. The van der Waals surface area contributed by atoms with E-state index in [0.29, 0.717) is 5.69 Å². The lowest BCUT2D eigenvalue weighted by Crippen LogP contribution is -2.17. The lowest BCUT2D eigenvalue weighted by molar-refractivity contribution is 0.0996. The molecule has 0 aliphatic heterocycles. The summed E-state index contributed by atoms with van der Waals surface area (Å²) in [5, 5.41) is 8.02. The number of hydrogen-bond donors (Lipinski definition) is 3. The molecule has 0 radical (unpaired) electrons. The van der Waals surface area contributed by atoms with Crippen LogP contribution in [0.4, 0.5) is 5.69 Å². The lowest BCUT2D eigenvalue weighted by Gasteiger charge is -2.14. The number of aromatic amines is 1. The minimum atomic E-state index is -0.612. The van der Waals surface area contributed by atoms with Crippen LogP contribution in [0.2, 0.25) is 0 Å². The van der Waals surface area contributed by atoms with Crippen LogP contribution in [0.1, 0.15) is 48.9 Å². The van der Waals surface area contributed by atoms with Gasteiger partial charge in [0.1, 0.15) is 0 Å². The third-order valence-corrected chi connectivity index (χ3v) is 3.95. The number of H-pyrrole nitrogens is 1. The molecular weight excluding hydrogens is 314 g/mol. The number of carbonyl (C=O) groups excluding carboxylic acids is 1. The number of amides is 1. The van der Waals surface area contributed by atoms with E-state index in [4.69, 9.17) is 11.5 Å². The number of nitrogens with two attached hydrogens (primary N) is 2. The Balaban J connectivity index is 0.00000109. The highest BCUT2D eigenvalue weighted by molar-refractivity contribution is 6.04. The van der Waals surface area contributed by atoms with Crippen molar-refractivity contribution >= 4 is 22.5 Å². The van der Waals surface area contributed by atoms with E-state index in [2.05, 4.69) is 22.1 Å². The van der Waals surface area contributed by atoms with Crippen molar-refractivity contribution in [2.75, 3.05) is 5.73 Å². The largest absolute Gasteiger partial charge is 0.396 e. The highest BCUT2D eigenvalue weighted by Crippen LogP contribution is 2.36. The SMILES string of the molecule is CC.CCCc1cc(-c2c(C)ccc3[nH]ncc23)c(N)c(C(N)=O)n1. The number of hydrogen-bond acceptors (Lipinski definition) is 4. The van der Waals surface area contributed by atoms with Crippen molar-refractivity contribution in [1.82, 2.24) is 15.2 Å². The molecule has 0 spiro atoms. The van der Waals surface area contributed by atoms with E-state index in [9.17, 15) is 4.79 Å². The van der Waals surface area contributed by atoms with E-state index < -0.39 is 5.91 Å². The standard InChI is InChI=1S/C17H19N5O.C2H6/c1-3-4-10-7-11(15(18)16(21-10)17(19)23)14-9(2)5-6-13-12(14)8-20-22-13;1-2/h5-8H,3-4,18H2,1-2H3,(H2,19,23)(H,20,22);1-2H3. The Morgan fingerprint density at radius 3 is 2.64 bits per heavy atom. The van der Waals surface area contributed by atoms with E-state index in [1.165, 1.54) is 0 Å². The summed E-state index contributed by atoms with van der Waals surface area (Å²) in [4.78, 5) is 16.0. The lowest BCUT2D eigenvalue weighted by atomic mass is 9.94. The predicted molar refractivity (Wildman–Crippen MR) is 102 cm³/mol. The highest BCUT2D eigenvalue weighted by Gasteiger charge is 2.18. The van der Waals surface area contributed by atoms with Gasteiger partial charge in [-0.15, -0.1) is 0 Å². The molecule has 2 heterocycles. The molecule has 0 aliphatic rings. The van der Waals surface area contributed by atoms with Crippen LogP contribution in [0, 0.1) is 6.92 Å². The van der Waals surface area contributed by atoms with Gasteiger partial charge in [0.15, 0.2) is 5.69 Å². The monoisotopic (exact) mass is 339 g/mol. The van der Waals surface area contributed by atoms with Gasteiger partial charge in [0, 0.05) is 16.6 Å². The number of benzene rings is 1. The number of rotatable bonds is 4. The summed E-state index contributed by atoms with van der Waals surface area (Å²) >= 11 is 0. The molecule has 6 nitrogen and oxygen atoms in total. The summed E-state index contributed by atoms with van der Waals surface area (Å²) in [5.41, 5.74) is 16.6. The molecule has 2 aromatic heterocycles. The fourth-order valence-corrected chi connectivity index (χ4v) is 2.87. The number of fused-ring (bicyclic) bond motifs is 1. The van der Waals surface area contributed by atoms with Crippen LogP contribution in [0.3, 0.4) is 0 Å². The van der Waals surface area contributed by atoms with Gasteiger partial charge >= 0.3 is 0 Å².